The minimum Gasteiger partial charge on any atom is -0.497 e. The lowest BCUT2D eigenvalue weighted by Gasteiger charge is -2.28. The molecule has 2 aliphatic rings. The molecule has 2 aromatic rings. The van der Waals surface area contributed by atoms with Crippen LogP contribution >= 0.6 is 23.8 Å². The number of anilines is 1. The summed E-state index contributed by atoms with van der Waals surface area (Å²) in [5.74, 6) is 0.926. The molecule has 0 aliphatic carbocycles. The zero-order chi connectivity index (χ0) is 21.8. The zero-order valence-electron chi connectivity index (χ0n) is 18.1. The molecule has 2 aromatic carbocycles. The van der Waals surface area contributed by atoms with Crippen molar-refractivity contribution in [3.8, 4) is 5.75 Å². The summed E-state index contributed by atoms with van der Waals surface area (Å²) in [5, 5.41) is 9.92. The van der Waals surface area contributed by atoms with Crippen LogP contribution in [-0.4, -0.2) is 35.9 Å². The van der Waals surface area contributed by atoms with Crippen LogP contribution in [0.15, 0.2) is 53.6 Å². The molecule has 2 aliphatic heterocycles. The van der Waals surface area contributed by atoms with Crippen LogP contribution < -0.4 is 15.2 Å². The minimum absolute atomic E-state index is 0.00955. The fraction of sp³-hybridized carbons (Fsp3) is 0.417. The fourth-order valence-corrected chi connectivity index (χ4v) is 4.92. The van der Waals surface area contributed by atoms with Crippen LogP contribution in [0, 0.1) is 5.92 Å². The molecule has 0 aromatic heterocycles. The molecular formula is C24H29ClN4OS. The molecule has 1 fully saturated rings. The van der Waals surface area contributed by atoms with Gasteiger partial charge in [-0.15, -0.1) is 0 Å². The Balaban J connectivity index is 1.64. The first-order chi connectivity index (χ1) is 15.1. The number of hydrogen-bond donors (Lipinski definition) is 1. The van der Waals surface area contributed by atoms with Gasteiger partial charge in [0.05, 0.1) is 23.9 Å². The first kappa shape index (κ1) is 22.1. The van der Waals surface area contributed by atoms with Crippen molar-refractivity contribution in [2.45, 2.75) is 38.6 Å². The summed E-state index contributed by atoms with van der Waals surface area (Å²) < 4.78 is 5.34. The first-order valence-electron chi connectivity index (χ1n) is 10.9. The van der Waals surface area contributed by atoms with E-state index in [1.54, 1.807) is 7.11 Å². The normalized spacial score (nSPS) is 22.0. The van der Waals surface area contributed by atoms with E-state index in [1.807, 2.05) is 41.4 Å². The van der Waals surface area contributed by atoms with Crippen LogP contribution in [0.25, 0.3) is 0 Å². The fourth-order valence-electron chi connectivity index (χ4n) is 4.34. The molecule has 31 heavy (non-hydrogen) atoms. The topological polar surface area (TPSA) is 40.1 Å². The standard InChI is InChI=1S/C24H29ClN4OS/c1-17-22(24(31)27-28-15-7-3-4-8-16-28)26-29(21-10-6-5-9-20(21)25)23(17)18-11-13-19(30-2)14-12-18/h5-6,9-14,17,23H,3-4,7-8,15-16H2,1-2H3,(H,27,31)/t17-,23+/m1/s1. The molecule has 0 radical (unpaired) electrons. The van der Waals surface area contributed by atoms with Crippen molar-refractivity contribution in [2.75, 3.05) is 25.2 Å². The largest absolute Gasteiger partial charge is 0.497 e. The van der Waals surface area contributed by atoms with Crippen molar-refractivity contribution in [3.05, 3.63) is 59.1 Å². The molecule has 4 rings (SSSR count). The number of hydrogen-bond acceptors (Lipinski definition) is 5. The lowest BCUT2D eigenvalue weighted by atomic mass is 9.91. The highest BCUT2D eigenvalue weighted by molar-refractivity contribution is 7.82. The van der Waals surface area contributed by atoms with Crippen molar-refractivity contribution >= 4 is 40.2 Å². The quantitative estimate of drug-likeness (QED) is 0.592. The average Bonchev–Trinajstić information content (AvgIpc) is 2.94. The van der Waals surface area contributed by atoms with Crippen LogP contribution in [0.2, 0.25) is 5.02 Å². The Hall–Kier alpha value is -2.15. The van der Waals surface area contributed by atoms with Crippen molar-refractivity contribution < 1.29 is 4.74 Å². The number of hydrazine groups is 1. The smallest absolute Gasteiger partial charge is 0.137 e. The van der Waals surface area contributed by atoms with Gasteiger partial charge in [0.25, 0.3) is 0 Å². The summed E-state index contributed by atoms with van der Waals surface area (Å²) in [5.41, 5.74) is 6.37. The number of hydrazone groups is 1. The Morgan fingerprint density at radius 2 is 1.74 bits per heavy atom. The van der Waals surface area contributed by atoms with Crippen LogP contribution in [-0.2, 0) is 0 Å². The Morgan fingerprint density at radius 3 is 2.39 bits per heavy atom. The maximum Gasteiger partial charge on any atom is 0.137 e. The number of nitrogens with one attached hydrogen (secondary N) is 1. The van der Waals surface area contributed by atoms with Gasteiger partial charge in [0.1, 0.15) is 16.4 Å². The molecule has 164 valence electrons. The third-order valence-corrected chi connectivity index (χ3v) is 6.66. The molecule has 0 saturated carbocycles. The van der Waals surface area contributed by atoms with Gasteiger partial charge in [-0.1, -0.05) is 67.8 Å². The van der Waals surface area contributed by atoms with E-state index >= 15 is 0 Å². The van der Waals surface area contributed by atoms with Gasteiger partial charge in [-0.25, -0.2) is 5.01 Å². The number of benzene rings is 2. The zero-order valence-corrected chi connectivity index (χ0v) is 19.6. The summed E-state index contributed by atoms with van der Waals surface area (Å²) in [6.07, 6.45) is 4.94. The van der Waals surface area contributed by atoms with E-state index < -0.39 is 0 Å². The summed E-state index contributed by atoms with van der Waals surface area (Å²) in [6, 6.07) is 16.0. The number of ether oxygens (including phenoxy) is 1. The third kappa shape index (κ3) is 4.86. The Morgan fingerprint density at radius 1 is 1.06 bits per heavy atom. The van der Waals surface area contributed by atoms with E-state index in [0.29, 0.717) is 10.0 Å². The van der Waals surface area contributed by atoms with Gasteiger partial charge in [-0.3, -0.25) is 5.01 Å². The molecule has 5 nitrogen and oxygen atoms in total. The number of para-hydroxylation sites is 1. The highest BCUT2D eigenvalue weighted by atomic mass is 35.5. The Kier molecular flexibility index (Phi) is 7.10. The molecule has 0 bridgehead atoms. The lowest BCUT2D eigenvalue weighted by Crippen LogP contribution is -2.45. The Bertz CT molecular complexity index is 941. The molecule has 1 N–H and O–H groups in total. The molecule has 0 unspecified atom stereocenters. The van der Waals surface area contributed by atoms with Crippen LogP contribution in [0.1, 0.15) is 44.2 Å². The van der Waals surface area contributed by atoms with Gasteiger partial charge < -0.3 is 10.2 Å². The Labute approximate surface area is 195 Å². The van der Waals surface area contributed by atoms with Crippen molar-refractivity contribution in [3.63, 3.8) is 0 Å². The van der Waals surface area contributed by atoms with Crippen molar-refractivity contribution in [1.82, 2.24) is 10.4 Å². The van der Waals surface area contributed by atoms with E-state index in [9.17, 15) is 0 Å². The SMILES string of the molecule is COc1ccc([C@@H]2[C@H](C)C(C(=S)NN3CCCCCC3)=NN2c2ccccc2Cl)cc1. The van der Waals surface area contributed by atoms with E-state index in [4.69, 9.17) is 33.7 Å². The average molecular weight is 457 g/mol. The van der Waals surface area contributed by atoms with Crippen molar-refractivity contribution in [1.29, 1.82) is 0 Å². The molecule has 0 amide bonds. The predicted molar refractivity (Wildman–Crippen MR) is 132 cm³/mol. The highest BCUT2D eigenvalue weighted by Gasteiger charge is 2.39. The second-order valence-electron chi connectivity index (χ2n) is 8.13. The number of methoxy groups -OCH3 is 1. The van der Waals surface area contributed by atoms with Gasteiger partial charge in [0.15, 0.2) is 0 Å². The molecule has 0 spiro atoms. The van der Waals surface area contributed by atoms with E-state index in [2.05, 4.69) is 29.5 Å². The van der Waals surface area contributed by atoms with Gasteiger partial charge in [0, 0.05) is 19.0 Å². The predicted octanol–water partition coefficient (Wildman–Crippen LogP) is 5.61. The van der Waals surface area contributed by atoms with Gasteiger partial charge in [0.2, 0.25) is 0 Å². The number of halogens is 1. The summed E-state index contributed by atoms with van der Waals surface area (Å²) >= 11 is 12.4. The van der Waals surface area contributed by atoms with E-state index in [1.165, 1.54) is 25.7 Å². The maximum atomic E-state index is 6.57. The van der Waals surface area contributed by atoms with Gasteiger partial charge in [-0.2, -0.15) is 5.10 Å². The maximum absolute atomic E-state index is 6.57. The van der Waals surface area contributed by atoms with E-state index in [0.717, 1.165) is 35.8 Å². The third-order valence-electron chi connectivity index (χ3n) is 6.04. The van der Waals surface area contributed by atoms with Gasteiger partial charge >= 0.3 is 0 Å². The molecule has 7 heteroatoms. The van der Waals surface area contributed by atoms with Crippen molar-refractivity contribution in [2.24, 2.45) is 11.0 Å². The molecule has 1 saturated heterocycles. The first-order valence-corrected chi connectivity index (χ1v) is 11.7. The summed E-state index contributed by atoms with van der Waals surface area (Å²) in [7, 11) is 1.68. The molecule has 2 heterocycles. The highest BCUT2D eigenvalue weighted by Crippen LogP contribution is 2.42. The second kappa shape index (κ2) is 9.98. The number of rotatable bonds is 5. The second-order valence-corrected chi connectivity index (χ2v) is 8.95. The summed E-state index contributed by atoms with van der Waals surface area (Å²) in [6.45, 7) is 4.21. The summed E-state index contributed by atoms with van der Waals surface area (Å²) in [4.78, 5) is 0.697. The van der Waals surface area contributed by atoms with Crippen LogP contribution in [0.5, 0.6) is 5.75 Å². The molecule has 2 atom stereocenters. The number of thiocarbonyl (C=S) groups is 1. The van der Waals surface area contributed by atoms with Gasteiger partial charge in [-0.05, 0) is 42.7 Å². The molecular weight excluding hydrogens is 428 g/mol. The van der Waals surface area contributed by atoms with E-state index in [-0.39, 0.29) is 12.0 Å². The lowest BCUT2D eigenvalue weighted by molar-refractivity contribution is 0.248. The van der Waals surface area contributed by atoms with Crippen LogP contribution in [0.3, 0.4) is 0 Å². The monoisotopic (exact) mass is 456 g/mol. The van der Waals surface area contributed by atoms with Crippen LogP contribution in [0.4, 0.5) is 5.69 Å². The minimum atomic E-state index is -0.00955. The number of nitrogens with zero attached hydrogens (tertiary/aromatic N) is 3.